The maximum absolute atomic E-state index is 12.4. The lowest BCUT2D eigenvalue weighted by Gasteiger charge is -2.15. The number of hydrogen-bond acceptors (Lipinski definition) is 6. The fourth-order valence-electron chi connectivity index (χ4n) is 2.70. The van der Waals surface area contributed by atoms with Crippen molar-refractivity contribution in [3.63, 3.8) is 0 Å². The topological polar surface area (TPSA) is 88.9 Å². The van der Waals surface area contributed by atoms with Gasteiger partial charge in [0.15, 0.2) is 18.1 Å². The molecule has 0 radical (unpaired) electrons. The molecule has 144 valence electrons. The Kier molecular flexibility index (Phi) is 7.50. The van der Waals surface area contributed by atoms with Crippen LogP contribution < -0.4 is 9.47 Å². The van der Waals surface area contributed by atoms with E-state index in [0.29, 0.717) is 18.7 Å². The van der Waals surface area contributed by atoms with E-state index in [4.69, 9.17) is 25.8 Å². The maximum Gasteiger partial charge on any atom is 0.344 e. The van der Waals surface area contributed by atoms with Gasteiger partial charge in [-0.15, -0.1) is 0 Å². The Morgan fingerprint density at radius 3 is 2.63 bits per heavy atom. The molecule has 0 spiro atoms. The van der Waals surface area contributed by atoms with E-state index in [2.05, 4.69) is 0 Å². The largest absolute Gasteiger partial charge is 0.493 e. The van der Waals surface area contributed by atoms with E-state index in [1.54, 1.807) is 24.0 Å². The average molecular weight is 393 g/mol. The monoisotopic (exact) mass is 392 g/mol. The second kappa shape index (κ2) is 9.83. The number of rotatable bonds is 7. The molecule has 0 bridgehead atoms. The number of methoxy groups -OCH3 is 1. The number of nitrogens with zero attached hydrogens (tertiary/aromatic N) is 2. The summed E-state index contributed by atoms with van der Waals surface area (Å²) in [5.41, 5.74) is 0.541. The van der Waals surface area contributed by atoms with Gasteiger partial charge in [0.2, 0.25) is 0 Å². The van der Waals surface area contributed by atoms with Crippen LogP contribution in [0.2, 0.25) is 5.02 Å². The van der Waals surface area contributed by atoms with Crippen LogP contribution in [0.3, 0.4) is 0 Å². The number of carbonyl (C=O) groups is 2. The van der Waals surface area contributed by atoms with E-state index >= 15 is 0 Å². The number of ether oxygens (including phenoxy) is 3. The third-order valence-corrected chi connectivity index (χ3v) is 4.23. The highest BCUT2D eigenvalue weighted by molar-refractivity contribution is 6.32. The summed E-state index contributed by atoms with van der Waals surface area (Å²) in [7, 11) is 1.43. The molecule has 1 saturated heterocycles. The zero-order chi connectivity index (χ0) is 19.8. The number of esters is 1. The normalized spacial score (nSPS) is 13.9. The average Bonchev–Trinajstić information content (AvgIpc) is 3.19. The standard InChI is InChI=1S/C19H21ClN2O5/c1-3-26-17(23)12-27-18-15(20)9-13(10-16(18)25-2)8-14(11-21)19(24)22-6-4-5-7-22/h8-10H,3-7,12H2,1-2H3/b14-8+. The van der Waals surface area contributed by atoms with Gasteiger partial charge in [-0.05, 0) is 43.5 Å². The van der Waals surface area contributed by atoms with Crippen LogP contribution in [0.5, 0.6) is 11.5 Å². The minimum absolute atomic E-state index is 0.0233. The van der Waals surface area contributed by atoms with Crippen molar-refractivity contribution in [3.05, 3.63) is 28.3 Å². The molecule has 0 aromatic heterocycles. The van der Waals surface area contributed by atoms with Crippen molar-refractivity contribution in [2.75, 3.05) is 33.4 Å². The first-order valence-electron chi connectivity index (χ1n) is 8.57. The van der Waals surface area contributed by atoms with E-state index < -0.39 is 5.97 Å². The van der Waals surface area contributed by atoms with Crippen LogP contribution in [-0.2, 0) is 14.3 Å². The van der Waals surface area contributed by atoms with Gasteiger partial charge in [-0.25, -0.2) is 4.79 Å². The Morgan fingerprint density at radius 1 is 1.33 bits per heavy atom. The van der Waals surface area contributed by atoms with Crippen molar-refractivity contribution in [3.8, 4) is 17.6 Å². The summed E-state index contributed by atoms with van der Waals surface area (Å²) in [6.07, 6.45) is 3.34. The van der Waals surface area contributed by atoms with Crippen molar-refractivity contribution in [1.29, 1.82) is 5.26 Å². The molecule has 1 aliphatic heterocycles. The van der Waals surface area contributed by atoms with Gasteiger partial charge in [-0.2, -0.15) is 5.26 Å². The highest BCUT2D eigenvalue weighted by Gasteiger charge is 2.22. The van der Waals surface area contributed by atoms with Gasteiger partial charge < -0.3 is 19.1 Å². The van der Waals surface area contributed by atoms with Crippen molar-refractivity contribution in [1.82, 2.24) is 4.90 Å². The molecule has 1 aliphatic rings. The molecule has 7 nitrogen and oxygen atoms in total. The first-order valence-corrected chi connectivity index (χ1v) is 8.95. The minimum Gasteiger partial charge on any atom is -0.493 e. The molecule has 27 heavy (non-hydrogen) atoms. The van der Waals surface area contributed by atoms with Crippen LogP contribution >= 0.6 is 11.6 Å². The minimum atomic E-state index is -0.525. The lowest BCUT2D eigenvalue weighted by Crippen LogP contribution is -2.28. The molecule has 0 atom stereocenters. The van der Waals surface area contributed by atoms with Crippen LogP contribution in [0, 0.1) is 11.3 Å². The summed E-state index contributed by atoms with van der Waals surface area (Å²) in [6, 6.07) is 5.07. The molecule has 8 heteroatoms. The van der Waals surface area contributed by atoms with Crippen molar-refractivity contribution < 1.29 is 23.8 Å². The van der Waals surface area contributed by atoms with Gasteiger partial charge in [0.1, 0.15) is 11.6 Å². The van der Waals surface area contributed by atoms with Gasteiger partial charge in [0, 0.05) is 13.1 Å². The molecule has 0 N–H and O–H groups in total. The molecule has 0 saturated carbocycles. The van der Waals surface area contributed by atoms with E-state index in [9.17, 15) is 14.9 Å². The molecule has 1 aromatic rings. The molecule has 2 rings (SSSR count). The lowest BCUT2D eigenvalue weighted by atomic mass is 10.1. The van der Waals surface area contributed by atoms with E-state index in [0.717, 1.165) is 12.8 Å². The zero-order valence-electron chi connectivity index (χ0n) is 15.3. The van der Waals surface area contributed by atoms with Crippen LogP contribution in [-0.4, -0.2) is 50.2 Å². The van der Waals surface area contributed by atoms with Crippen molar-refractivity contribution in [2.24, 2.45) is 0 Å². The van der Waals surface area contributed by atoms with E-state index in [-0.39, 0.29) is 41.2 Å². The number of carbonyl (C=O) groups excluding carboxylic acids is 2. The van der Waals surface area contributed by atoms with Crippen molar-refractivity contribution in [2.45, 2.75) is 19.8 Å². The molecule has 0 unspecified atom stereocenters. The molecular formula is C19H21ClN2O5. The summed E-state index contributed by atoms with van der Waals surface area (Å²) in [5, 5.41) is 9.55. The Hall–Kier alpha value is -2.72. The number of benzene rings is 1. The maximum atomic E-state index is 12.4. The summed E-state index contributed by atoms with van der Waals surface area (Å²) in [6.45, 7) is 2.95. The second-order valence-corrected chi connectivity index (χ2v) is 6.20. The summed E-state index contributed by atoms with van der Waals surface area (Å²) in [5.74, 6) is -0.354. The fraction of sp³-hybridized carbons (Fsp3) is 0.421. The van der Waals surface area contributed by atoms with Gasteiger partial charge in [-0.1, -0.05) is 11.6 Å². The molecular weight excluding hydrogens is 372 g/mol. The van der Waals surface area contributed by atoms with E-state index in [1.807, 2.05) is 6.07 Å². The first-order chi connectivity index (χ1) is 13.0. The summed E-state index contributed by atoms with van der Waals surface area (Å²) >= 11 is 6.24. The Labute approximate surface area is 163 Å². The van der Waals surface area contributed by atoms with Crippen LogP contribution in [0.1, 0.15) is 25.3 Å². The number of halogens is 1. The third kappa shape index (κ3) is 5.38. The van der Waals surface area contributed by atoms with Crippen LogP contribution in [0.4, 0.5) is 0 Å². The smallest absolute Gasteiger partial charge is 0.344 e. The van der Waals surface area contributed by atoms with E-state index in [1.165, 1.54) is 13.2 Å². The zero-order valence-corrected chi connectivity index (χ0v) is 16.0. The Bertz CT molecular complexity index is 779. The van der Waals surface area contributed by atoms with Gasteiger partial charge in [-0.3, -0.25) is 4.79 Å². The third-order valence-electron chi connectivity index (χ3n) is 3.95. The summed E-state index contributed by atoms with van der Waals surface area (Å²) < 4.78 is 15.5. The molecule has 1 aromatic carbocycles. The van der Waals surface area contributed by atoms with Gasteiger partial charge >= 0.3 is 5.97 Å². The number of amides is 1. The highest BCUT2D eigenvalue weighted by Crippen LogP contribution is 2.37. The molecule has 0 aliphatic carbocycles. The highest BCUT2D eigenvalue weighted by atomic mass is 35.5. The SMILES string of the molecule is CCOC(=O)COc1c(Cl)cc(/C=C(\C#N)C(=O)N2CCCC2)cc1OC. The van der Waals surface area contributed by atoms with Crippen LogP contribution in [0.25, 0.3) is 6.08 Å². The fourth-order valence-corrected chi connectivity index (χ4v) is 2.97. The second-order valence-electron chi connectivity index (χ2n) is 5.80. The number of hydrogen-bond donors (Lipinski definition) is 0. The summed E-state index contributed by atoms with van der Waals surface area (Å²) in [4.78, 5) is 25.5. The Morgan fingerprint density at radius 2 is 2.04 bits per heavy atom. The quantitative estimate of drug-likeness (QED) is 0.402. The van der Waals surface area contributed by atoms with Gasteiger partial charge in [0.05, 0.1) is 18.7 Å². The molecule has 1 fully saturated rings. The van der Waals surface area contributed by atoms with Crippen molar-refractivity contribution >= 4 is 29.6 Å². The Balaban J connectivity index is 2.24. The molecule has 1 heterocycles. The molecule has 1 amide bonds. The number of nitriles is 1. The predicted octanol–water partition coefficient (Wildman–Crippen LogP) is 2.82. The van der Waals surface area contributed by atoms with Crippen LogP contribution in [0.15, 0.2) is 17.7 Å². The number of likely N-dealkylation sites (tertiary alicyclic amines) is 1. The predicted molar refractivity (Wildman–Crippen MR) is 99.5 cm³/mol. The first kappa shape index (κ1) is 20.6. The van der Waals surface area contributed by atoms with Gasteiger partial charge in [0.25, 0.3) is 5.91 Å². The lowest BCUT2D eigenvalue weighted by molar-refractivity contribution is -0.145.